The summed E-state index contributed by atoms with van der Waals surface area (Å²) in [7, 11) is 1.73. The highest BCUT2D eigenvalue weighted by atomic mass is 32.1. The number of hydrogen-bond acceptors (Lipinski definition) is 5. The number of hydrogen-bond donors (Lipinski definition) is 2. The average molecular weight is 395 g/mol. The Bertz CT molecular complexity index is 939. The number of aryl methyl sites for hydroxylation is 1. The number of likely N-dealkylation sites (N-methyl/N-ethyl adjacent to an activating group) is 1. The van der Waals surface area contributed by atoms with E-state index in [-0.39, 0.29) is 24.9 Å². The largest absolute Gasteiger partial charge is 0.325 e. The third-order valence-corrected chi connectivity index (χ3v) is 4.74. The normalized spacial score (nSPS) is 10.7. The Morgan fingerprint density at radius 1 is 0.964 bits per heavy atom. The van der Waals surface area contributed by atoms with E-state index in [9.17, 15) is 9.59 Å². The summed E-state index contributed by atoms with van der Waals surface area (Å²) >= 11 is 1.38. The molecule has 0 saturated heterocycles. The fraction of sp³-hybridized carbons (Fsp3) is 0.190. The summed E-state index contributed by atoms with van der Waals surface area (Å²) < 4.78 is 0. The summed E-state index contributed by atoms with van der Waals surface area (Å²) in [5, 5.41) is 8.06. The molecule has 0 atom stereocenters. The Kier molecular flexibility index (Phi) is 6.52. The van der Waals surface area contributed by atoms with Crippen LogP contribution in [0.15, 0.2) is 60.0 Å². The molecule has 2 N–H and O–H groups in total. The van der Waals surface area contributed by atoms with E-state index in [0.29, 0.717) is 5.13 Å². The average Bonchev–Trinajstić information content (AvgIpc) is 3.12. The first-order chi connectivity index (χ1) is 13.5. The topological polar surface area (TPSA) is 74.3 Å². The zero-order valence-electron chi connectivity index (χ0n) is 15.8. The number of amides is 2. The van der Waals surface area contributed by atoms with E-state index in [2.05, 4.69) is 15.6 Å². The quantitative estimate of drug-likeness (QED) is 0.642. The van der Waals surface area contributed by atoms with Crippen molar-refractivity contribution in [2.24, 2.45) is 0 Å². The number of carbonyl (C=O) groups is 2. The lowest BCUT2D eigenvalue weighted by Crippen LogP contribution is -2.36. The summed E-state index contributed by atoms with van der Waals surface area (Å²) in [6.07, 6.45) is 0. The highest BCUT2D eigenvalue weighted by Crippen LogP contribution is 2.24. The first-order valence-electron chi connectivity index (χ1n) is 8.85. The number of rotatable bonds is 7. The Hall–Kier alpha value is -3.03. The van der Waals surface area contributed by atoms with Gasteiger partial charge in [0, 0.05) is 16.6 Å². The van der Waals surface area contributed by atoms with Crippen molar-refractivity contribution in [3.63, 3.8) is 0 Å². The second kappa shape index (κ2) is 9.25. The molecular formula is C21H22N4O2S. The Balaban J connectivity index is 1.47. The van der Waals surface area contributed by atoms with Crippen LogP contribution in [0.5, 0.6) is 0 Å². The number of nitrogens with one attached hydrogen (secondary N) is 2. The van der Waals surface area contributed by atoms with E-state index in [1.54, 1.807) is 11.9 Å². The monoisotopic (exact) mass is 394 g/mol. The van der Waals surface area contributed by atoms with Crippen molar-refractivity contribution in [2.45, 2.75) is 6.92 Å². The Morgan fingerprint density at radius 3 is 2.29 bits per heavy atom. The number of benzene rings is 2. The van der Waals surface area contributed by atoms with Gasteiger partial charge < -0.3 is 10.6 Å². The van der Waals surface area contributed by atoms with E-state index in [1.165, 1.54) is 11.3 Å². The molecule has 3 rings (SSSR count). The minimum Gasteiger partial charge on any atom is -0.325 e. The molecular weight excluding hydrogens is 372 g/mol. The Labute approximate surface area is 168 Å². The van der Waals surface area contributed by atoms with Crippen LogP contribution in [0, 0.1) is 6.92 Å². The molecule has 0 radical (unpaired) electrons. The van der Waals surface area contributed by atoms with Crippen LogP contribution in [-0.4, -0.2) is 41.8 Å². The Morgan fingerprint density at radius 2 is 1.61 bits per heavy atom. The van der Waals surface area contributed by atoms with Crippen LogP contribution in [0.3, 0.4) is 0 Å². The standard InChI is InChI=1S/C21H22N4O2S/c1-15-8-10-17(11-9-15)22-19(26)12-25(2)13-20(27)24-21-23-18(14-28-21)16-6-4-3-5-7-16/h3-11,14H,12-13H2,1-2H3,(H,22,26)(H,23,24,27). The molecule has 0 aliphatic heterocycles. The molecule has 7 heteroatoms. The van der Waals surface area contributed by atoms with Gasteiger partial charge in [0.1, 0.15) is 0 Å². The number of aromatic nitrogens is 1. The lowest BCUT2D eigenvalue weighted by atomic mass is 10.2. The molecule has 0 aliphatic carbocycles. The van der Waals surface area contributed by atoms with Crippen LogP contribution in [0.4, 0.5) is 10.8 Å². The fourth-order valence-corrected chi connectivity index (χ4v) is 3.35. The molecule has 0 bridgehead atoms. The lowest BCUT2D eigenvalue weighted by Gasteiger charge is -2.15. The maximum absolute atomic E-state index is 12.2. The molecule has 144 valence electrons. The van der Waals surface area contributed by atoms with Gasteiger partial charge in [0.2, 0.25) is 11.8 Å². The van der Waals surface area contributed by atoms with Gasteiger partial charge in [0.05, 0.1) is 18.8 Å². The van der Waals surface area contributed by atoms with Gasteiger partial charge in [-0.15, -0.1) is 11.3 Å². The highest BCUT2D eigenvalue weighted by Gasteiger charge is 2.13. The summed E-state index contributed by atoms with van der Waals surface area (Å²) in [6, 6.07) is 17.4. The number of carbonyl (C=O) groups excluding carboxylic acids is 2. The van der Waals surface area contributed by atoms with Crippen molar-refractivity contribution in [2.75, 3.05) is 30.8 Å². The molecule has 0 fully saturated rings. The third kappa shape index (κ3) is 5.73. The lowest BCUT2D eigenvalue weighted by molar-refractivity contribution is -0.119. The zero-order chi connectivity index (χ0) is 19.9. The molecule has 0 spiro atoms. The molecule has 2 amide bonds. The van der Waals surface area contributed by atoms with E-state index in [1.807, 2.05) is 66.9 Å². The van der Waals surface area contributed by atoms with E-state index in [0.717, 1.165) is 22.5 Å². The predicted molar refractivity (Wildman–Crippen MR) is 113 cm³/mol. The van der Waals surface area contributed by atoms with E-state index in [4.69, 9.17) is 0 Å². The van der Waals surface area contributed by atoms with Gasteiger partial charge in [-0.2, -0.15) is 0 Å². The summed E-state index contributed by atoms with van der Waals surface area (Å²) in [5.74, 6) is -0.376. The molecule has 1 heterocycles. The van der Waals surface area contributed by atoms with Gasteiger partial charge >= 0.3 is 0 Å². The third-order valence-electron chi connectivity index (χ3n) is 3.98. The van der Waals surface area contributed by atoms with Crippen molar-refractivity contribution >= 4 is 34.0 Å². The highest BCUT2D eigenvalue weighted by molar-refractivity contribution is 7.14. The second-order valence-electron chi connectivity index (χ2n) is 6.54. The van der Waals surface area contributed by atoms with Gasteiger partial charge in [-0.3, -0.25) is 14.5 Å². The summed E-state index contributed by atoms with van der Waals surface area (Å²) in [4.78, 5) is 30.4. The van der Waals surface area contributed by atoms with Gasteiger partial charge in [0.25, 0.3) is 0 Å². The van der Waals surface area contributed by atoms with Crippen molar-refractivity contribution in [3.05, 3.63) is 65.5 Å². The van der Waals surface area contributed by atoms with Crippen LogP contribution in [0.25, 0.3) is 11.3 Å². The maximum atomic E-state index is 12.2. The second-order valence-corrected chi connectivity index (χ2v) is 7.40. The molecule has 6 nitrogen and oxygen atoms in total. The summed E-state index contributed by atoms with van der Waals surface area (Å²) in [6.45, 7) is 2.21. The molecule has 0 unspecified atom stereocenters. The van der Waals surface area contributed by atoms with Gasteiger partial charge in [-0.05, 0) is 26.1 Å². The van der Waals surface area contributed by atoms with Crippen molar-refractivity contribution < 1.29 is 9.59 Å². The molecule has 0 aliphatic rings. The molecule has 3 aromatic rings. The number of anilines is 2. The molecule has 1 aromatic heterocycles. The van der Waals surface area contributed by atoms with Crippen molar-refractivity contribution in [1.82, 2.24) is 9.88 Å². The van der Waals surface area contributed by atoms with Crippen LogP contribution < -0.4 is 10.6 Å². The molecule has 0 saturated carbocycles. The first-order valence-corrected chi connectivity index (χ1v) is 9.73. The maximum Gasteiger partial charge on any atom is 0.240 e. The minimum atomic E-state index is -0.209. The SMILES string of the molecule is Cc1ccc(NC(=O)CN(C)CC(=O)Nc2nc(-c3ccccc3)cs2)cc1. The van der Waals surface area contributed by atoms with Crippen LogP contribution in [0.1, 0.15) is 5.56 Å². The van der Waals surface area contributed by atoms with Crippen molar-refractivity contribution in [1.29, 1.82) is 0 Å². The fourth-order valence-electron chi connectivity index (χ4n) is 2.62. The number of thiazole rings is 1. The zero-order valence-corrected chi connectivity index (χ0v) is 16.6. The summed E-state index contributed by atoms with van der Waals surface area (Å²) in [5.41, 5.74) is 3.70. The molecule has 28 heavy (non-hydrogen) atoms. The van der Waals surface area contributed by atoms with Crippen LogP contribution >= 0.6 is 11.3 Å². The first kappa shape index (κ1) is 19.7. The number of nitrogens with zero attached hydrogens (tertiary/aromatic N) is 2. The van der Waals surface area contributed by atoms with Crippen LogP contribution in [0.2, 0.25) is 0 Å². The predicted octanol–water partition coefficient (Wildman–Crippen LogP) is 3.63. The molecule has 2 aromatic carbocycles. The van der Waals surface area contributed by atoms with E-state index < -0.39 is 0 Å². The minimum absolute atomic E-state index is 0.0988. The smallest absolute Gasteiger partial charge is 0.240 e. The van der Waals surface area contributed by atoms with Gasteiger partial charge in [-0.1, -0.05) is 48.0 Å². The van der Waals surface area contributed by atoms with Gasteiger partial charge in [0.15, 0.2) is 5.13 Å². The van der Waals surface area contributed by atoms with E-state index >= 15 is 0 Å². The van der Waals surface area contributed by atoms with Crippen molar-refractivity contribution in [3.8, 4) is 11.3 Å². The van der Waals surface area contributed by atoms with Gasteiger partial charge in [-0.25, -0.2) is 4.98 Å². The van der Waals surface area contributed by atoms with Crippen LogP contribution in [-0.2, 0) is 9.59 Å².